The number of amides is 2. The van der Waals surface area contributed by atoms with Crippen molar-refractivity contribution in [2.45, 2.75) is 0 Å². The molecule has 0 unspecified atom stereocenters. The third kappa shape index (κ3) is 4.39. The molecule has 3 N–H and O–H groups in total. The molecule has 126 valence electrons. The Bertz CT molecular complexity index is 770. The maximum atomic E-state index is 11.8. The third-order valence-electron chi connectivity index (χ3n) is 3.04. The van der Waals surface area contributed by atoms with E-state index in [0.717, 1.165) is 4.47 Å². The summed E-state index contributed by atoms with van der Waals surface area (Å²) in [7, 11) is 3.05. The van der Waals surface area contributed by atoms with Gasteiger partial charge in [0, 0.05) is 22.3 Å². The molecule has 1 aromatic heterocycles. The number of aromatic amines is 1. The molecule has 0 aliphatic carbocycles. The van der Waals surface area contributed by atoms with Crippen molar-refractivity contribution in [3.05, 3.63) is 52.3 Å². The Morgan fingerprint density at radius 2 is 2.00 bits per heavy atom. The van der Waals surface area contributed by atoms with Gasteiger partial charge in [-0.05, 0) is 34.1 Å². The summed E-state index contributed by atoms with van der Waals surface area (Å²) in [5.74, 6) is 0.134. The molecule has 24 heavy (non-hydrogen) atoms. The van der Waals surface area contributed by atoms with Crippen molar-refractivity contribution in [3.63, 3.8) is 0 Å². The molecule has 2 aromatic rings. The van der Waals surface area contributed by atoms with Gasteiger partial charge >= 0.3 is 0 Å². The van der Waals surface area contributed by atoms with Gasteiger partial charge in [-0.3, -0.25) is 20.4 Å². The highest BCUT2D eigenvalue weighted by molar-refractivity contribution is 9.10. The summed E-state index contributed by atoms with van der Waals surface area (Å²) >= 11 is 3.22. The number of ether oxygens (including phenoxy) is 2. The maximum Gasteiger partial charge on any atom is 0.286 e. The number of methoxy groups -OCH3 is 2. The molecule has 0 atom stereocenters. The fourth-order valence-electron chi connectivity index (χ4n) is 1.94. The van der Waals surface area contributed by atoms with Gasteiger partial charge in [0.05, 0.1) is 14.2 Å². The fraction of sp³-hybridized carbons (Fsp3) is 0.125. The molecule has 0 aliphatic rings. The topological polar surface area (TPSA) is 92.5 Å². The Labute approximate surface area is 147 Å². The van der Waals surface area contributed by atoms with Gasteiger partial charge < -0.3 is 14.5 Å². The van der Waals surface area contributed by atoms with Crippen molar-refractivity contribution in [1.29, 1.82) is 0 Å². The molecule has 0 bridgehead atoms. The van der Waals surface area contributed by atoms with Crippen molar-refractivity contribution in [2.75, 3.05) is 14.2 Å². The molecule has 0 saturated carbocycles. The molecule has 0 saturated heterocycles. The molecule has 1 heterocycles. The molecule has 1 aromatic carbocycles. The van der Waals surface area contributed by atoms with E-state index in [1.54, 1.807) is 36.5 Å². The van der Waals surface area contributed by atoms with Crippen LogP contribution in [0.3, 0.4) is 0 Å². The van der Waals surface area contributed by atoms with E-state index in [0.29, 0.717) is 22.8 Å². The van der Waals surface area contributed by atoms with E-state index in [4.69, 9.17) is 9.47 Å². The summed E-state index contributed by atoms with van der Waals surface area (Å²) in [5.41, 5.74) is 5.59. The van der Waals surface area contributed by atoms with E-state index < -0.39 is 11.8 Å². The lowest BCUT2D eigenvalue weighted by atomic mass is 10.1. The van der Waals surface area contributed by atoms with Crippen LogP contribution in [0, 0.1) is 0 Å². The zero-order valence-electron chi connectivity index (χ0n) is 13.1. The van der Waals surface area contributed by atoms with Crippen LogP contribution in [-0.4, -0.2) is 31.0 Å². The van der Waals surface area contributed by atoms with E-state index in [1.807, 2.05) is 0 Å². The smallest absolute Gasteiger partial charge is 0.286 e. The van der Waals surface area contributed by atoms with Gasteiger partial charge in [-0.1, -0.05) is 12.1 Å². The molecule has 0 spiro atoms. The SMILES string of the molecule is COc1cccc(/C=C/C(=O)NNC(=O)c2cc(Br)c[nH]2)c1OC. The Morgan fingerprint density at radius 1 is 1.21 bits per heavy atom. The number of aromatic nitrogens is 1. The zero-order valence-corrected chi connectivity index (χ0v) is 14.6. The monoisotopic (exact) mass is 393 g/mol. The number of carbonyl (C=O) groups excluding carboxylic acids is 2. The van der Waals surface area contributed by atoms with Gasteiger partial charge in [0.25, 0.3) is 11.8 Å². The lowest BCUT2D eigenvalue weighted by Crippen LogP contribution is -2.40. The number of halogens is 1. The average molecular weight is 394 g/mol. The lowest BCUT2D eigenvalue weighted by Gasteiger charge is -2.09. The minimum Gasteiger partial charge on any atom is -0.493 e. The fourth-order valence-corrected chi connectivity index (χ4v) is 2.28. The number of carbonyl (C=O) groups is 2. The van der Waals surface area contributed by atoms with E-state index in [2.05, 4.69) is 31.8 Å². The Kier molecular flexibility index (Phi) is 6.02. The number of hydrogen-bond acceptors (Lipinski definition) is 4. The molecule has 0 radical (unpaired) electrons. The van der Waals surface area contributed by atoms with Gasteiger partial charge in [-0.15, -0.1) is 0 Å². The second-order valence-electron chi connectivity index (χ2n) is 4.59. The number of rotatable bonds is 5. The summed E-state index contributed by atoms with van der Waals surface area (Å²) in [5, 5.41) is 0. The van der Waals surface area contributed by atoms with Crippen molar-refractivity contribution in [1.82, 2.24) is 15.8 Å². The first-order valence-electron chi connectivity index (χ1n) is 6.88. The minimum atomic E-state index is -0.487. The highest BCUT2D eigenvalue weighted by Crippen LogP contribution is 2.31. The number of H-pyrrole nitrogens is 1. The van der Waals surface area contributed by atoms with Crippen LogP contribution >= 0.6 is 15.9 Å². The number of hydrogen-bond donors (Lipinski definition) is 3. The quantitative estimate of drug-likeness (QED) is 0.536. The summed E-state index contributed by atoms with van der Waals surface area (Å²) in [6, 6.07) is 6.91. The lowest BCUT2D eigenvalue weighted by molar-refractivity contribution is -0.117. The van der Waals surface area contributed by atoms with E-state index in [9.17, 15) is 9.59 Å². The zero-order chi connectivity index (χ0) is 17.5. The van der Waals surface area contributed by atoms with E-state index >= 15 is 0 Å². The second-order valence-corrected chi connectivity index (χ2v) is 5.51. The highest BCUT2D eigenvalue weighted by atomic mass is 79.9. The maximum absolute atomic E-state index is 11.8. The summed E-state index contributed by atoms with van der Waals surface area (Å²) in [6.07, 6.45) is 4.46. The van der Waals surface area contributed by atoms with Gasteiger partial charge in [-0.2, -0.15) is 0 Å². The number of para-hydroxylation sites is 1. The average Bonchev–Trinajstić information content (AvgIpc) is 3.03. The van der Waals surface area contributed by atoms with Crippen LogP contribution in [-0.2, 0) is 4.79 Å². The summed E-state index contributed by atoms with van der Waals surface area (Å²) in [6.45, 7) is 0. The molecule has 7 nitrogen and oxygen atoms in total. The van der Waals surface area contributed by atoms with Crippen LogP contribution in [0.1, 0.15) is 16.1 Å². The highest BCUT2D eigenvalue weighted by Gasteiger charge is 2.09. The number of hydrazine groups is 1. The van der Waals surface area contributed by atoms with Gasteiger partial charge in [0.15, 0.2) is 11.5 Å². The van der Waals surface area contributed by atoms with Crippen molar-refractivity contribution < 1.29 is 19.1 Å². The normalized spacial score (nSPS) is 10.5. The van der Waals surface area contributed by atoms with Crippen LogP contribution < -0.4 is 20.3 Å². The number of nitrogens with one attached hydrogen (secondary N) is 3. The molecule has 2 amide bonds. The third-order valence-corrected chi connectivity index (χ3v) is 3.50. The summed E-state index contributed by atoms with van der Waals surface area (Å²) in [4.78, 5) is 26.3. The van der Waals surface area contributed by atoms with Crippen LogP contribution in [0.2, 0.25) is 0 Å². The van der Waals surface area contributed by atoms with Gasteiger partial charge in [-0.25, -0.2) is 0 Å². The van der Waals surface area contributed by atoms with Crippen LogP contribution in [0.15, 0.2) is 41.0 Å². The largest absolute Gasteiger partial charge is 0.493 e. The second kappa shape index (κ2) is 8.21. The first-order valence-corrected chi connectivity index (χ1v) is 7.67. The molecule has 0 fully saturated rings. The Hall–Kier alpha value is -2.74. The molecule has 8 heteroatoms. The van der Waals surface area contributed by atoms with Crippen molar-refractivity contribution >= 4 is 33.8 Å². The van der Waals surface area contributed by atoms with Gasteiger partial charge in [0.1, 0.15) is 5.69 Å². The van der Waals surface area contributed by atoms with Crippen molar-refractivity contribution in [3.8, 4) is 11.5 Å². The van der Waals surface area contributed by atoms with Crippen LogP contribution in [0.4, 0.5) is 0 Å². The van der Waals surface area contributed by atoms with Gasteiger partial charge in [0.2, 0.25) is 0 Å². The molecule has 0 aliphatic heterocycles. The Morgan fingerprint density at radius 3 is 2.62 bits per heavy atom. The summed E-state index contributed by atoms with van der Waals surface area (Å²) < 4.78 is 11.2. The van der Waals surface area contributed by atoms with Crippen LogP contribution in [0.25, 0.3) is 6.08 Å². The van der Waals surface area contributed by atoms with Crippen molar-refractivity contribution in [2.24, 2.45) is 0 Å². The number of benzene rings is 1. The molecular formula is C16H16BrN3O4. The first kappa shape index (κ1) is 17.6. The Balaban J connectivity index is 1.97. The molecule has 2 rings (SSSR count). The minimum absolute atomic E-state index is 0.320. The standard InChI is InChI=1S/C16H16BrN3O4/c1-23-13-5-3-4-10(15(13)24-2)6-7-14(21)19-20-16(22)12-8-11(17)9-18-12/h3-9,18H,1-2H3,(H,19,21)(H,20,22)/b7-6+. The first-order chi connectivity index (χ1) is 11.5. The van der Waals surface area contributed by atoms with Crippen LogP contribution in [0.5, 0.6) is 11.5 Å². The van der Waals surface area contributed by atoms with E-state index in [-0.39, 0.29) is 0 Å². The predicted molar refractivity (Wildman–Crippen MR) is 92.7 cm³/mol. The van der Waals surface area contributed by atoms with E-state index in [1.165, 1.54) is 20.3 Å². The predicted octanol–water partition coefficient (Wildman–Crippen LogP) is 2.27. The molecular weight excluding hydrogens is 378 g/mol.